The summed E-state index contributed by atoms with van der Waals surface area (Å²) in [5.41, 5.74) is 0.721. The maximum absolute atomic E-state index is 13.2. The molecule has 8 heteroatoms. The maximum Gasteiger partial charge on any atom is 0.405 e. The zero-order valence-corrected chi connectivity index (χ0v) is 13.5. The first kappa shape index (κ1) is 18.5. The first-order valence-corrected chi connectivity index (χ1v) is 7.81. The molecule has 1 atom stereocenters. The molecule has 134 valence electrons. The Morgan fingerprint density at radius 1 is 1.29 bits per heavy atom. The van der Waals surface area contributed by atoms with E-state index in [0.29, 0.717) is 31.9 Å². The van der Waals surface area contributed by atoms with Crippen LogP contribution in [0.2, 0.25) is 0 Å². The normalized spacial score (nSPS) is 17.3. The monoisotopic (exact) mass is 345 g/mol. The van der Waals surface area contributed by atoms with E-state index in [0.717, 1.165) is 5.56 Å². The number of halogens is 3. The van der Waals surface area contributed by atoms with Crippen LogP contribution in [0.15, 0.2) is 24.3 Å². The highest BCUT2D eigenvalue weighted by molar-refractivity contribution is 5.78. The molecule has 1 aromatic rings. The van der Waals surface area contributed by atoms with E-state index in [1.165, 1.54) is 12.0 Å². The topological polar surface area (TPSA) is 53.6 Å². The molecule has 0 aliphatic carbocycles. The number of alkyl halides is 3. The number of nitrogens with zero attached hydrogens (tertiary/aromatic N) is 1. The van der Waals surface area contributed by atoms with Crippen LogP contribution in [0.1, 0.15) is 5.56 Å². The number of hydrogen-bond acceptors (Lipinski definition) is 4. The quantitative estimate of drug-likeness (QED) is 0.813. The second kappa shape index (κ2) is 8.34. The zero-order chi connectivity index (χ0) is 17.6. The highest BCUT2D eigenvalue weighted by Crippen LogP contribution is 2.24. The third-order valence-corrected chi connectivity index (χ3v) is 3.99. The molecule has 1 amide bonds. The van der Waals surface area contributed by atoms with Crippen molar-refractivity contribution in [2.75, 3.05) is 39.8 Å². The van der Waals surface area contributed by atoms with Crippen LogP contribution in [0.25, 0.3) is 0 Å². The highest BCUT2D eigenvalue weighted by atomic mass is 19.4. The van der Waals surface area contributed by atoms with E-state index in [-0.39, 0.29) is 6.42 Å². The first-order chi connectivity index (χ1) is 11.4. The molecule has 1 unspecified atom stereocenters. The van der Waals surface area contributed by atoms with E-state index >= 15 is 0 Å². The van der Waals surface area contributed by atoms with Crippen LogP contribution >= 0.6 is 0 Å². The molecule has 0 spiro atoms. The van der Waals surface area contributed by atoms with E-state index < -0.39 is 24.7 Å². The predicted molar refractivity (Wildman–Crippen MR) is 84.0 cm³/mol. The summed E-state index contributed by atoms with van der Waals surface area (Å²) in [5.74, 6) is 0.236. The van der Waals surface area contributed by atoms with Crippen LogP contribution in [0, 0.1) is 0 Å². The third-order valence-electron chi connectivity index (χ3n) is 3.99. The van der Waals surface area contributed by atoms with Gasteiger partial charge in [0, 0.05) is 32.7 Å². The number of carbonyl (C=O) groups is 1. The fourth-order valence-electron chi connectivity index (χ4n) is 2.65. The minimum atomic E-state index is -4.37. The van der Waals surface area contributed by atoms with Gasteiger partial charge in [-0.2, -0.15) is 13.2 Å². The fourth-order valence-corrected chi connectivity index (χ4v) is 2.65. The molecule has 1 heterocycles. The average Bonchev–Trinajstić information content (AvgIpc) is 2.55. The van der Waals surface area contributed by atoms with Gasteiger partial charge in [0.15, 0.2) is 0 Å². The van der Waals surface area contributed by atoms with Gasteiger partial charge in [-0.25, -0.2) is 0 Å². The van der Waals surface area contributed by atoms with Crippen molar-refractivity contribution in [2.45, 2.75) is 18.6 Å². The molecule has 0 saturated carbocycles. The Bertz CT molecular complexity index is 528. The Hall–Kier alpha value is -1.80. The molecule has 5 nitrogen and oxygen atoms in total. The number of amides is 1. The standard InChI is InChI=1S/C16H22F3N3O2/c1-24-13-4-2-12(3-5-13)10-15(23)21-11-14(16(17,18)19)22-8-6-20-7-9-22/h2-5,14,20H,6-11H2,1H3,(H,21,23). The van der Waals surface area contributed by atoms with Crippen molar-refractivity contribution in [2.24, 2.45) is 0 Å². The summed E-state index contributed by atoms with van der Waals surface area (Å²) in [7, 11) is 1.54. The minimum absolute atomic E-state index is 0.0378. The Labute approximate surface area is 139 Å². The molecule has 1 saturated heterocycles. The molecule has 24 heavy (non-hydrogen) atoms. The van der Waals surface area contributed by atoms with Crippen molar-refractivity contribution in [3.63, 3.8) is 0 Å². The van der Waals surface area contributed by atoms with Gasteiger partial charge in [0.2, 0.25) is 5.91 Å². The highest BCUT2D eigenvalue weighted by Gasteiger charge is 2.43. The summed E-state index contributed by atoms with van der Waals surface area (Å²) in [4.78, 5) is 13.3. The number of rotatable bonds is 6. The van der Waals surface area contributed by atoms with Gasteiger partial charge < -0.3 is 15.4 Å². The second-order valence-electron chi connectivity index (χ2n) is 5.67. The molecule has 0 bridgehead atoms. The smallest absolute Gasteiger partial charge is 0.405 e. The van der Waals surface area contributed by atoms with Crippen LogP contribution in [0.3, 0.4) is 0 Å². The van der Waals surface area contributed by atoms with Gasteiger partial charge in [0.25, 0.3) is 0 Å². The number of carbonyl (C=O) groups excluding carboxylic acids is 1. The Kier molecular flexibility index (Phi) is 6.44. The van der Waals surface area contributed by atoms with Crippen molar-refractivity contribution in [3.05, 3.63) is 29.8 Å². The number of nitrogens with one attached hydrogen (secondary N) is 2. The molecule has 2 N–H and O–H groups in total. The molecule has 1 fully saturated rings. The van der Waals surface area contributed by atoms with Gasteiger partial charge in [0.1, 0.15) is 11.8 Å². The molecule has 0 radical (unpaired) electrons. The fraction of sp³-hybridized carbons (Fsp3) is 0.562. The molecular formula is C16H22F3N3O2. The Morgan fingerprint density at radius 2 is 1.92 bits per heavy atom. The van der Waals surface area contributed by atoms with Gasteiger partial charge in [-0.3, -0.25) is 9.69 Å². The Balaban J connectivity index is 1.88. The summed E-state index contributed by atoms with van der Waals surface area (Å²) < 4.78 is 44.7. The van der Waals surface area contributed by atoms with Crippen molar-refractivity contribution in [3.8, 4) is 5.75 Å². The number of piperazine rings is 1. The number of benzene rings is 1. The molecule has 1 aliphatic heterocycles. The third kappa shape index (κ3) is 5.38. The zero-order valence-electron chi connectivity index (χ0n) is 13.5. The largest absolute Gasteiger partial charge is 0.497 e. The lowest BCUT2D eigenvalue weighted by Crippen LogP contribution is -2.57. The lowest BCUT2D eigenvalue weighted by Gasteiger charge is -2.35. The molecular weight excluding hydrogens is 323 g/mol. The summed E-state index contributed by atoms with van der Waals surface area (Å²) in [6, 6.07) is 5.20. The average molecular weight is 345 g/mol. The van der Waals surface area contributed by atoms with E-state index in [2.05, 4.69) is 10.6 Å². The molecule has 2 rings (SSSR count). The van der Waals surface area contributed by atoms with Gasteiger partial charge in [-0.1, -0.05) is 12.1 Å². The van der Waals surface area contributed by atoms with E-state index in [9.17, 15) is 18.0 Å². The van der Waals surface area contributed by atoms with Crippen molar-refractivity contribution >= 4 is 5.91 Å². The van der Waals surface area contributed by atoms with Crippen LogP contribution in [-0.4, -0.2) is 62.9 Å². The summed E-state index contributed by atoms with van der Waals surface area (Å²) in [6.07, 6.45) is -4.33. The first-order valence-electron chi connectivity index (χ1n) is 7.81. The predicted octanol–water partition coefficient (Wildman–Crippen LogP) is 1.19. The number of hydrogen-bond donors (Lipinski definition) is 2. The molecule has 1 aliphatic rings. The van der Waals surface area contributed by atoms with Gasteiger partial charge in [-0.05, 0) is 17.7 Å². The van der Waals surface area contributed by atoms with Crippen molar-refractivity contribution < 1.29 is 22.7 Å². The summed E-state index contributed by atoms with van der Waals surface area (Å²) >= 11 is 0. The van der Waals surface area contributed by atoms with E-state index in [1.54, 1.807) is 24.3 Å². The molecule has 1 aromatic carbocycles. The van der Waals surface area contributed by atoms with Crippen LogP contribution in [-0.2, 0) is 11.2 Å². The summed E-state index contributed by atoms with van der Waals surface area (Å²) in [5, 5.41) is 5.43. The van der Waals surface area contributed by atoms with Crippen LogP contribution < -0.4 is 15.4 Å². The van der Waals surface area contributed by atoms with Gasteiger partial charge in [-0.15, -0.1) is 0 Å². The maximum atomic E-state index is 13.2. The van der Waals surface area contributed by atoms with Crippen LogP contribution in [0.5, 0.6) is 5.75 Å². The van der Waals surface area contributed by atoms with Gasteiger partial charge in [0.05, 0.1) is 13.5 Å². The summed E-state index contributed by atoms with van der Waals surface area (Å²) in [6.45, 7) is 1.24. The van der Waals surface area contributed by atoms with Crippen molar-refractivity contribution in [1.29, 1.82) is 0 Å². The lowest BCUT2D eigenvalue weighted by atomic mass is 10.1. The van der Waals surface area contributed by atoms with E-state index in [1.807, 2.05) is 0 Å². The SMILES string of the molecule is COc1ccc(CC(=O)NCC(N2CCNCC2)C(F)(F)F)cc1. The number of methoxy groups -OCH3 is 1. The van der Waals surface area contributed by atoms with Crippen LogP contribution in [0.4, 0.5) is 13.2 Å². The Morgan fingerprint density at radius 3 is 2.46 bits per heavy atom. The van der Waals surface area contributed by atoms with Crippen molar-refractivity contribution in [1.82, 2.24) is 15.5 Å². The molecule has 0 aromatic heterocycles. The minimum Gasteiger partial charge on any atom is -0.497 e. The number of ether oxygens (including phenoxy) is 1. The van der Waals surface area contributed by atoms with E-state index in [4.69, 9.17) is 4.74 Å². The lowest BCUT2D eigenvalue weighted by molar-refractivity contribution is -0.184. The second-order valence-corrected chi connectivity index (χ2v) is 5.67. The van der Waals surface area contributed by atoms with Gasteiger partial charge >= 0.3 is 6.18 Å².